The highest BCUT2D eigenvalue weighted by atomic mass is 16.6. The summed E-state index contributed by atoms with van der Waals surface area (Å²) in [7, 11) is 0. The summed E-state index contributed by atoms with van der Waals surface area (Å²) in [5, 5.41) is 23.7. The summed E-state index contributed by atoms with van der Waals surface area (Å²) in [6.45, 7) is 4.05. The zero-order valence-electron chi connectivity index (χ0n) is 16.8. The number of carbonyl (C=O) groups is 1. The molecule has 2 N–H and O–H groups in total. The van der Waals surface area contributed by atoms with Crippen LogP contribution in [0.2, 0.25) is 0 Å². The minimum Gasteiger partial charge on any atom is -0.506 e. The Bertz CT molecular complexity index is 1080. The van der Waals surface area contributed by atoms with Gasteiger partial charge in [0.2, 0.25) is 5.91 Å². The lowest BCUT2D eigenvalue weighted by Gasteiger charge is -2.20. The van der Waals surface area contributed by atoms with Gasteiger partial charge in [-0.15, -0.1) is 0 Å². The predicted octanol–water partition coefficient (Wildman–Crippen LogP) is 4.86. The molecule has 1 fully saturated rings. The van der Waals surface area contributed by atoms with Crippen LogP contribution >= 0.6 is 0 Å². The Morgan fingerprint density at radius 3 is 2.00 bits per heavy atom. The van der Waals surface area contributed by atoms with E-state index < -0.39 is 10.3 Å². The van der Waals surface area contributed by atoms with E-state index in [0.717, 1.165) is 28.3 Å². The van der Waals surface area contributed by atoms with Crippen molar-refractivity contribution in [2.45, 2.75) is 25.7 Å². The van der Waals surface area contributed by atoms with Gasteiger partial charge in [-0.3, -0.25) is 14.9 Å². The Kier molecular flexibility index (Phi) is 4.78. The summed E-state index contributed by atoms with van der Waals surface area (Å²) in [6, 6.07) is 20.1. The number of amides is 1. The summed E-state index contributed by atoms with van der Waals surface area (Å²) in [4.78, 5) is 23.4. The van der Waals surface area contributed by atoms with E-state index in [0.29, 0.717) is 6.42 Å². The smallest absolute Gasteiger partial charge is 0.273 e. The first-order valence-corrected chi connectivity index (χ1v) is 9.74. The van der Waals surface area contributed by atoms with Crippen molar-refractivity contribution in [3.8, 4) is 5.75 Å². The molecule has 0 radical (unpaired) electrons. The molecule has 1 aliphatic carbocycles. The minimum absolute atomic E-state index is 0.166. The first kappa shape index (κ1) is 19.6. The number of phenols is 1. The second-order valence-corrected chi connectivity index (χ2v) is 7.91. The molecule has 6 heteroatoms. The molecule has 0 aromatic heterocycles. The number of nitrogens with one attached hydrogen (secondary N) is 1. The molecule has 1 saturated carbocycles. The average Bonchev–Trinajstić information content (AvgIpc) is 3.47. The van der Waals surface area contributed by atoms with Gasteiger partial charge in [0.1, 0.15) is 5.75 Å². The van der Waals surface area contributed by atoms with Gasteiger partial charge >= 0.3 is 0 Å². The van der Waals surface area contributed by atoms with E-state index >= 15 is 0 Å². The fourth-order valence-electron chi connectivity index (χ4n) is 4.05. The second kappa shape index (κ2) is 7.30. The number of anilines is 1. The maximum Gasteiger partial charge on any atom is 0.273 e. The summed E-state index contributed by atoms with van der Waals surface area (Å²) in [5.41, 5.74) is 3.95. The van der Waals surface area contributed by atoms with Gasteiger partial charge in [-0.25, -0.2) is 0 Å². The van der Waals surface area contributed by atoms with Gasteiger partial charge < -0.3 is 10.4 Å². The van der Waals surface area contributed by atoms with E-state index in [1.54, 1.807) is 0 Å². The molecule has 3 aromatic carbocycles. The summed E-state index contributed by atoms with van der Waals surface area (Å²) in [6.07, 6.45) is 0.651. The molecule has 4 rings (SSSR count). The van der Waals surface area contributed by atoms with Gasteiger partial charge in [-0.2, -0.15) is 0 Å². The van der Waals surface area contributed by atoms with Crippen LogP contribution in [-0.4, -0.2) is 15.9 Å². The highest BCUT2D eigenvalue weighted by Crippen LogP contribution is 2.59. The van der Waals surface area contributed by atoms with Gasteiger partial charge in [0.25, 0.3) is 5.69 Å². The maximum absolute atomic E-state index is 13.1. The average molecular weight is 402 g/mol. The first-order chi connectivity index (χ1) is 14.3. The third-order valence-corrected chi connectivity index (χ3v) is 5.86. The molecule has 30 heavy (non-hydrogen) atoms. The number of rotatable bonds is 5. The number of nitro benzene ring substituents is 1. The number of aromatic hydroxyl groups is 1. The molecule has 0 aliphatic heterocycles. The number of nitrogens with zero attached hydrogens (tertiary/aromatic N) is 1. The number of aryl methyl sites for hydroxylation is 2. The molecule has 0 spiro atoms. The Morgan fingerprint density at radius 1 is 1.00 bits per heavy atom. The quantitative estimate of drug-likeness (QED) is 0.362. The highest BCUT2D eigenvalue weighted by Gasteiger charge is 2.60. The van der Waals surface area contributed by atoms with Gasteiger partial charge in [0.15, 0.2) is 0 Å². The van der Waals surface area contributed by atoms with E-state index in [4.69, 9.17) is 0 Å². The summed E-state index contributed by atoms with van der Waals surface area (Å²) >= 11 is 0. The maximum atomic E-state index is 13.1. The van der Waals surface area contributed by atoms with Crippen LogP contribution in [0.25, 0.3) is 0 Å². The lowest BCUT2D eigenvalue weighted by Crippen LogP contribution is -2.22. The number of hydrogen-bond acceptors (Lipinski definition) is 4. The van der Waals surface area contributed by atoms with Crippen molar-refractivity contribution in [1.29, 1.82) is 0 Å². The van der Waals surface area contributed by atoms with Crippen LogP contribution in [0.1, 0.15) is 28.7 Å². The van der Waals surface area contributed by atoms with Crippen LogP contribution in [0.3, 0.4) is 0 Å². The molecule has 0 bridgehead atoms. The van der Waals surface area contributed by atoms with Gasteiger partial charge in [-0.05, 0) is 37.5 Å². The van der Waals surface area contributed by atoms with Crippen LogP contribution in [-0.2, 0) is 10.2 Å². The van der Waals surface area contributed by atoms with Crippen LogP contribution in [0.15, 0.2) is 66.7 Å². The van der Waals surface area contributed by atoms with Crippen molar-refractivity contribution in [3.05, 3.63) is 99.1 Å². The molecule has 1 aliphatic rings. The van der Waals surface area contributed by atoms with Crippen molar-refractivity contribution in [2.24, 2.45) is 5.92 Å². The lowest BCUT2D eigenvalue weighted by molar-refractivity contribution is -0.384. The van der Waals surface area contributed by atoms with E-state index in [1.165, 1.54) is 12.1 Å². The summed E-state index contributed by atoms with van der Waals surface area (Å²) in [5.74, 6) is -0.854. The molecule has 3 aromatic rings. The van der Waals surface area contributed by atoms with Crippen molar-refractivity contribution < 1.29 is 14.8 Å². The fraction of sp³-hybridized carbons (Fsp3) is 0.208. The molecule has 0 heterocycles. The molecule has 0 unspecified atom stereocenters. The Morgan fingerprint density at radius 2 is 1.53 bits per heavy atom. The van der Waals surface area contributed by atoms with E-state index in [-0.39, 0.29) is 28.9 Å². The van der Waals surface area contributed by atoms with Crippen molar-refractivity contribution in [2.75, 3.05) is 5.32 Å². The monoisotopic (exact) mass is 402 g/mol. The van der Waals surface area contributed by atoms with E-state index in [1.807, 2.05) is 38.1 Å². The Hall–Kier alpha value is -3.67. The third-order valence-electron chi connectivity index (χ3n) is 5.86. The Balaban J connectivity index is 1.65. The van der Waals surface area contributed by atoms with E-state index in [2.05, 4.69) is 29.6 Å². The fourth-order valence-corrected chi connectivity index (χ4v) is 4.05. The van der Waals surface area contributed by atoms with Crippen LogP contribution in [0.5, 0.6) is 5.75 Å². The molecular formula is C24H22N2O4. The molecule has 0 saturated heterocycles. The zero-order valence-corrected chi connectivity index (χ0v) is 16.8. The highest BCUT2D eigenvalue weighted by molar-refractivity contribution is 5.98. The van der Waals surface area contributed by atoms with Crippen LogP contribution in [0, 0.1) is 29.9 Å². The number of phenolic OH excluding ortho intramolecular Hbond substituents is 1. The third kappa shape index (κ3) is 3.41. The van der Waals surface area contributed by atoms with Gasteiger partial charge in [0.05, 0.1) is 22.6 Å². The standard InChI is InChI=1S/C24H22N2O4/c1-15-3-7-17(8-4-15)24(18-9-5-16(2)6-10-18)14-20(24)23(28)25-21-12-11-19(26(29)30)13-22(21)27/h3-13,20,27H,14H2,1-2H3,(H,25,28)/t20-/m0/s1. The van der Waals surface area contributed by atoms with Crippen molar-refractivity contribution >= 4 is 17.3 Å². The van der Waals surface area contributed by atoms with Crippen molar-refractivity contribution in [1.82, 2.24) is 0 Å². The first-order valence-electron chi connectivity index (χ1n) is 9.74. The largest absolute Gasteiger partial charge is 0.506 e. The zero-order chi connectivity index (χ0) is 21.5. The SMILES string of the molecule is Cc1ccc(C2(c3ccc(C)cc3)C[C@H]2C(=O)Nc2ccc([N+](=O)[O-])cc2O)cc1. The number of benzene rings is 3. The van der Waals surface area contributed by atoms with Gasteiger partial charge in [0, 0.05) is 11.5 Å². The normalized spacial score (nSPS) is 16.7. The molecule has 1 atom stereocenters. The minimum atomic E-state index is -0.591. The summed E-state index contributed by atoms with van der Waals surface area (Å²) < 4.78 is 0. The number of nitro groups is 1. The number of non-ortho nitro benzene ring substituents is 1. The van der Waals surface area contributed by atoms with Crippen LogP contribution in [0.4, 0.5) is 11.4 Å². The lowest BCUT2D eigenvalue weighted by atomic mass is 9.85. The number of hydrogen-bond donors (Lipinski definition) is 2. The molecule has 152 valence electrons. The topological polar surface area (TPSA) is 92.5 Å². The van der Waals surface area contributed by atoms with Crippen LogP contribution < -0.4 is 5.32 Å². The predicted molar refractivity (Wildman–Crippen MR) is 115 cm³/mol. The molecular weight excluding hydrogens is 380 g/mol. The molecule has 6 nitrogen and oxygen atoms in total. The second-order valence-electron chi connectivity index (χ2n) is 7.91. The molecule has 1 amide bonds. The van der Waals surface area contributed by atoms with Gasteiger partial charge in [-0.1, -0.05) is 59.7 Å². The number of carbonyl (C=O) groups excluding carboxylic acids is 1. The van der Waals surface area contributed by atoms with Crippen molar-refractivity contribution in [3.63, 3.8) is 0 Å². The van der Waals surface area contributed by atoms with E-state index in [9.17, 15) is 20.0 Å². The Labute approximate surface area is 174 Å².